The van der Waals surface area contributed by atoms with Gasteiger partial charge in [-0.25, -0.2) is 4.79 Å². The highest BCUT2D eigenvalue weighted by atomic mass is 16.5. The summed E-state index contributed by atoms with van der Waals surface area (Å²) >= 11 is 0. The first kappa shape index (κ1) is 11.6. The molecule has 1 atom stereocenters. The number of rotatable bonds is 5. The van der Waals surface area contributed by atoms with Crippen molar-refractivity contribution in [2.75, 3.05) is 0 Å². The molecule has 3 nitrogen and oxygen atoms in total. The molecule has 0 heterocycles. The van der Waals surface area contributed by atoms with Gasteiger partial charge in [0.2, 0.25) is 0 Å². The van der Waals surface area contributed by atoms with Crippen molar-refractivity contribution in [2.24, 2.45) is 0 Å². The van der Waals surface area contributed by atoms with Gasteiger partial charge in [0.25, 0.3) is 0 Å². The summed E-state index contributed by atoms with van der Waals surface area (Å²) in [5, 5.41) is 8.81. The SMILES string of the molecule is CCc1ccc(OC(CC)C(=O)O)cc1. The summed E-state index contributed by atoms with van der Waals surface area (Å²) in [7, 11) is 0. The minimum absolute atomic E-state index is 0.463. The summed E-state index contributed by atoms with van der Waals surface area (Å²) in [6.45, 7) is 3.86. The number of ether oxygens (including phenoxy) is 1. The van der Waals surface area contributed by atoms with Gasteiger partial charge in [0.15, 0.2) is 6.10 Å². The lowest BCUT2D eigenvalue weighted by molar-refractivity contribution is -0.145. The molecule has 0 fully saturated rings. The van der Waals surface area contributed by atoms with Gasteiger partial charge in [0.05, 0.1) is 0 Å². The van der Waals surface area contributed by atoms with Crippen molar-refractivity contribution < 1.29 is 14.6 Å². The lowest BCUT2D eigenvalue weighted by Crippen LogP contribution is -2.25. The summed E-state index contributed by atoms with van der Waals surface area (Å²) in [4.78, 5) is 10.7. The Kier molecular flexibility index (Phi) is 4.16. The molecule has 3 heteroatoms. The lowest BCUT2D eigenvalue weighted by Gasteiger charge is -2.13. The van der Waals surface area contributed by atoms with Gasteiger partial charge in [-0.1, -0.05) is 26.0 Å². The van der Waals surface area contributed by atoms with Gasteiger partial charge in [0.1, 0.15) is 5.75 Å². The summed E-state index contributed by atoms with van der Waals surface area (Å²) in [5.41, 5.74) is 1.21. The van der Waals surface area contributed by atoms with Gasteiger partial charge < -0.3 is 9.84 Å². The second-order valence-corrected chi connectivity index (χ2v) is 3.35. The average molecular weight is 208 g/mol. The van der Waals surface area contributed by atoms with Gasteiger partial charge in [-0.15, -0.1) is 0 Å². The molecule has 1 N–H and O–H groups in total. The molecule has 0 amide bonds. The van der Waals surface area contributed by atoms with Crippen LogP contribution in [0.2, 0.25) is 0 Å². The smallest absolute Gasteiger partial charge is 0.344 e. The van der Waals surface area contributed by atoms with Crippen molar-refractivity contribution in [2.45, 2.75) is 32.8 Å². The largest absolute Gasteiger partial charge is 0.479 e. The molecule has 0 aliphatic heterocycles. The highest BCUT2D eigenvalue weighted by molar-refractivity contribution is 5.72. The van der Waals surface area contributed by atoms with E-state index < -0.39 is 12.1 Å². The quantitative estimate of drug-likeness (QED) is 0.808. The van der Waals surface area contributed by atoms with Crippen LogP contribution in [-0.2, 0) is 11.2 Å². The highest BCUT2D eigenvalue weighted by Gasteiger charge is 2.16. The van der Waals surface area contributed by atoms with Crippen molar-refractivity contribution in [1.29, 1.82) is 0 Å². The topological polar surface area (TPSA) is 46.5 Å². The molecule has 0 saturated heterocycles. The molecule has 0 aromatic heterocycles. The van der Waals surface area contributed by atoms with E-state index in [1.165, 1.54) is 5.56 Å². The maximum atomic E-state index is 10.7. The summed E-state index contributed by atoms with van der Waals surface area (Å²) in [6.07, 6.45) is 0.679. The van der Waals surface area contributed by atoms with Crippen molar-refractivity contribution in [3.63, 3.8) is 0 Å². The molecule has 1 unspecified atom stereocenters. The molecule has 1 aromatic carbocycles. The zero-order valence-electron chi connectivity index (χ0n) is 9.06. The van der Waals surface area contributed by atoms with Crippen LogP contribution >= 0.6 is 0 Å². The molecule has 15 heavy (non-hydrogen) atoms. The minimum Gasteiger partial charge on any atom is -0.479 e. The van der Waals surface area contributed by atoms with Crippen LogP contribution in [0.1, 0.15) is 25.8 Å². The Morgan fingerprint density at radius 2 is 1.93 bits per heavy atom. The zero-order chi connectivity index (χ0) is 11.3. The number of carboxylic acids is 1. The van der Waals surface area contributed by atoms with Gasteiger partial charge in [-0.2, -0.15) is 0 Å². The van der Waals surface area contributed by atoms with Gasteiger partial charge in [-0.3, -0.25) is 0 Å². The Bertz CT molecular complexity index is 316. The van der Waals surface area contributed by atoms with E-state index in [0.717, 1.165) is 6.42 Å². The van der Waals surface area contributed by atoms with E-state index in [-0.39, 0.29) is 0 Å². The van der Waals surface area contributed by atoms with E-state index in [2.05, 4.69) is 6.92 Å². The van der Waals surface area contributed by atoms with Crippen LogP contribution in [0.3, 0.4) is 0 Å². The van der Waals surface area contributed by atoms with Crippen LogP contribution in [0, 0.1) is 0 Å². The predicted octanol–water partition coefficient (Wildman–Crippen LogP) is 2.49. The lowest BCUT2D eigenvalue weighted by atomic mass is 10.2. The molecular weight excluding hydrogens is 192 g/mol. The normalized spacial score (nSPS) is 12.1. The van der Waals surface area contributed by atoms with Crippen LogP contribution in [0.15, 0.2) is 24.3 Å². The molecule has 82 valence electrons. The Morgan fingerprint density at radius 3 is 2.33 bits per heavy atom. The Hall–Kier alpha value is -1.51. The molecule has 0 radical (unpaired) electrons. The molecular formula is C12H16O3. The monoisotopic (exact) mass is 208 g/mol. The van der Waals surface area contributed by atoms with Crippen LogP contribution < -0.4 is 4.74 Å². The van der Waals surface area contributed by atoms with Crippen LogP contribution in [-0.4, -0.2) is 17.2 Å². The molecule has 0 spiro atoms. The number of hydrogen-bond acceptors (Lipinski definition) is 2. The first-order chi connectivity index (χ1) is 7.17. The third-order valence-electron chi connectivity index (χ3n) is 2.26. The third-order valence-corrected chi connectivity index (χ3v) is 2.26. The van der Waals surface area contributed by atoms with Crippen molar-refractivity contribution in [3.8, 4) is 5.75 Å². The van der Waals surface area contributed by atoms with Crippen molar-refractivity contribution in [3.05, 3.63) is 29.8 Å². The van der Waals surface area contributed by atoms with E-state index in [0.29, 0.717) is 12.2 Å². The Morgan fingerprint density at radius 1 is 1.33 bits per heavy atom. The number of benzene rings is 1. The van der Waals surface area contributed by atoms with E-state index >= 15 is 0 Å². The highest BCUT2D eigenvalue weighted by Crippen LogP contribution is 2.15. The average Bonchev–Trinajstić information content (AvgIpc) is 2.26. The van der Waals surface area contributed by atoms with Crippen LogP contribution in [0.5, 0.6) is 5.75 Å². The number of carboxylic acid groups (broad SMARTS) is 1. The molecule has 0 aliphatic carbocycles. The van der Waals surface area contributed by atoms with Gasteiger partial charge in [-0.05, 0) is 30.5 Å². The fourth-order valence-corrected chi connectivity index (χ4v) is 1.28. The van der Waals surface area contributed by atoms with Crippen LogP contribution in [0.4, 0.5) is 0 Å². The molecule has 1 aromatic rings. The standard InChI is InChI=1S/C12H16O3/c1-3-9-5-7-10(8-6-9)15-11(4-2)12(13)14/h5-8,11H,3-4H2,1-2H3,(H,13,14). The molecule has 1 rings (SSSR count). The van der Waals surface area contributed by atoms with Crippen molar-refractivity contribution >= 4 is 5.97 Å². The first-order valence-corrected chi connectivity index (χ1v) is 5.15. The van der Waals surface area contributed by atoms with Crippen molar-refractivity contribution in [1.82, 2.24) is 0 Å². The van der Waals surface area contributed by atoms with E-state index in [1.807, 2.05) is 24.3 Å². The minimum atomic E-state index is -0.919. The third kappa shape index (κ3) is 3.27. The van der Waals surface area contributed by atoms with Gasteiger partial charge >= 0.3 is 5.97 Å². The maximum Gasteiger partial charge on any atom is 0.344 e. The number of hydrogen-bond donors (Lipinski definition) is 1. The number of aliphatic carboxylic acids is 1. The zero-order valence-corrected chi connectivity index (χ0v) is 9.06. The van der Waals surface area contributed by atoms with Crippen LogP contribution in [0.25, 0.3) is 0 Å². The van der Waals surface area contributed by atoms with E-state index in [4.69, 9.17) is 9.84 Å². The second kappa shape index (κ2) is 5.39. The fourth-order valence-electron chi connectivity index (χ4n) is 1.28. The molecule has 0 saturated carbocycles. The fraction of sp³-hybridized carbons (Fsp3) is 0.417. The Labute approximate surface area is 89.7 Å². The van der Waals surface area contributed by atoms with Gasteiger partial charge in [0, 0.05) is 0 Å². The van der Waals surface area contributed by atoms with E-state index in [9.17, 15) is 4.79 Å². The first-order valence-electron chi connectivity index (χ1n) is 5.15. The number of carbonyl (C=O) groups is 1. The summed E-state index contributed by atoms with van der Waals surface area (Å²) in [6, 6.07) is 7.52. The molecule has 0 aliphatic rings. The Balaban J connectivity index is 2.67. The maximum absolute atomic E-state index is 10.7. The second-order valence-electron chi connectivity index (χ2n) is 3.35. The van der Waals surface area contributed by atoms with E-state index in [1.54, 1.807) is 6.92 Å². The molecule has 0 bridgehead atoms. The summed E-state index contributed by atoms with van der Waals surface area (Å²) in [5.74, 6) is -0.307. The number of aryl methyl sites for hydroxylation is 1. The predicted molar refractivity (Wildman–Crippen MR) is 58.2 cm³/mol. The summed E-state index contributed by atoms with van der Waals surface area (Å²) < 4.78 is 5.33.